The molecule has 4 aromatic carbocycles. The third-order valence-electron chi connectivity index (χ3n) is 6.64. The second kappa shape index (κ2) is 15.5. The van der Waals surface area contributed by atoms with E-state index in [1.165, 1.54) is 13.3 Å². The van der Waals surface area contributed by atoms with Crippen molar-refractivity contribution in [2.24, 2.45) is 5.10 Å². The summed E-state index contributed by atoms with van der Waals surface area (Å²) in [6, 6.07) is 29.8. The average molecular weight is 591 g/mol. The van der Waals surface area contributed by atoms with Crippen molar-refractivity contribution in [3.05, 3.63) is 131 Å². The Balaban J connectivity index is 1.50. The number of anilines is 1. The largest absolute Gasteiger partial charge is 0.493 e. The number of hydrogen-bond acceptors (Lipinski definition) is 7. The van der Waals surface area contributed by atoms with Gasteiger partial charge in [-0.3, -0.25) is 9.59 Å². The summed E-state index contributed by atoms with van der Waals surface area (Å²) in [6.45, 7) is 5.92. The van der Waals surface area contributed by atoms with Gasteiger partial charge < -0.3 is 19.7 Å². The van der Waals surface area contributed by atoms with Gasteiger partial charge in [0, 0.05) is 24.3 Å². The van der Waals surface area contributed by atoms with Gasteiger partial charge in [0.15, 0.2) is 11.5 Å². The van der Waals surface area contributed by atoms with E-state index in [9.17, 15) is 14.4 Å². The summed E-state index contributed by atoms with van der Waals surface area (Å²) >= 11 is 0. The van der Waals surface area contributed by atoms with Gasteiger partial charge in [-0.15, -0.1) is 0 Å². The van der Waals surface area contributed by atoms with E-state index in [-0.39, 0.29) is 11.4 Å². The first-order valence-corrected chi connectivity index (χ1v) is 14.1. The van der Waals surface area contributed by atoms with E-state index < -0.39 is 17.8 Å². The van der Waals surface area contributed by atoms with E-state index in [1.807, 2.05) is 30.3 Å². The molecule has 0 aromatic heterocycles. The van der Waals surface area contributed by atoms with Crippen molar-refractivity contribution in [2.45, 2.75) is 13.8 Å². The van der Waals surface area contributed by atoms with E-state index >= 15 is 0 Å². The van der Waals surface area contributed by atoms with Crippen LogP contribution in [0.1, 0.15) is 45.7 Å². The van der Waals surface area contributed by atoms with E-state index in [4.69, 9.17) is 9.47 Å². The average Bonchev–Trinajstić information content (AvgIpc) is 3.07. The fourth-order valence-electron chi connectivity index (χ4n) is 4.29. The molecule has 2 amide bonds. The van der Waals surface area contributed by atoms with E-state index in [0.29, 0.717) is 22.4 Å². The molecule has 0 saturated heterocycles. The van der Waals surface area contributed by atoms with Crippen LogP contribution in [-0.4, -0.2) is 44.2 Å². The highest BCUT2D eigenvalue weighted by atomic mass is 16.6. The zero-order valence-electron chi connectivity index (χ0n) is 24.8. The highest BCUT2D eigenvalue weighted by Crippen LogP contribution is 2.28. The maximum atomic E-state index is 13.2. The molecule has 0 heterocycles. The molecule has 4 rings (SSSR count). The number of hydrazone groups is 1. The van der Waals surface area contributed by atoms with Crippen LogP contribution in [-0.2, 0) is 4.79 Å². The minimum Gasteiger partial charge on any atom is -0.493 e. The number of amides is 2. The van der Waals surface area contributed by atoms with Gasteiger partial charge in [0.25, 0.3) is 11.8 Å². The molecule has 0 atom stereocenters. The second-order valence-corrected chi connectivity index (χ2v) is 9.51. The molecular formula is C35H34N4O5. The van der Waals surface area contributed by atoms with E-state index in [0.717, 1.165) is 24.3 Å². The molecule has 0 unspecified atom stereocenters. The fourth-order valence-corrected chi connectivity index (χ4v) is 4.29. The first-order chi connectivity index (χ1) is 21.4. The van der Waals surface area contributed by atoms with Crippen molar-refractivity contribution in [2.75, 3.05) is 25.1 Å². The molecule has 0 fully saturated rings. The van der Waals surface area contributed by atoms with Gasteiger partial charge in [0.1, 0.15) is 5.70 Å². The van der Waals surface area contributed by atoms with Gasteiger partial charge in [-0.1, -0.05) is 48.5 Å². The van der Waals surface area contributed by atoms with Gasteiger partial charge in [-0.05, 0) is 85.6 Å². The van der Waals surface area contributed by atoms with Gasteiger partial charge in [-0.2, -0.15) is 5.10 Å². The topological polar surface area (TPSA) is 109 Å². The monoisotopic (exact) mass is 590 g/mol. The molecule has 0 bridgehead atoms. The molecule has 0 spiro atoms. The number of rotatable bonds is 12. The van der Waals surface area contributed by atoms with E-state index in [1.54, 1.807) is 78.9 Å². The van der Waals surface area contributed by atoms with Crippen LogP contribution in [0.25, 0.3) is 6.08 Å². The SMILES string of the molecule is CCN(CC)c1ccc(/C=C(/NC(=O)c2ccccc2)C(=O)N/N=C\c2ccc(OC(=O)c3ccccc3)c(OC)c2)cc1. The summed E-state index contributed by atoms with van der Waals surface area (Å²) in [7, 11) is 1.46. The predicted molar refractivity (Wildman–Crippen MR) is 172 cm³/mol. The summed E-state index contributed by atoms with van der Waals surface area (Å²) in [6.07, 6.45) is 3.01. The molecule has 9 nitrogen and oxygen atoms in total. The number of ether oxygens (including phenoxy) is 2. The van der Waals surface area contributed by atoms with Crippen LogP contribution in [0.4, 0.5) is 5.69 Å². The third-order valence-corrected chi connectivity index (χ3v) is 6.64. The minimum atomic E-state index is -0.612. The van der Waals surface area contributed by atoms with Crippen LogP contribution in [0, 0.1) is 0 Å². The van der Waals surface area contributed by atoms with Crippen molar-refractivity contribution >= 4 is 35.8 Å². The van der Waals surface area contributed by atoms with Gasteiger partial charge in [0.05, 0.1) is 18.9 Å². The summed E-state index contributed by atoms with van der Waals surface area (Å²) in [4.78, 5) is 40.8. The smallest absolute Gasteiger partial charge is 0.343 e. The first kappa shape index (κ1) is 31.2. The Labute approximate surface area is 256 Å². The summed E-state index contributed by atoms with van der Waals surface area (Å²) in [5.41, 5.74) is 5.68. The van der Waals surface area contributed by atoms with Crippen molar-refractivity contribution in [1.29, 1.82) is 0 Å². The van der Waals surface area contributed by atoms with Crippen molar-refractivity contribution < 1.29 is 23.9 Å². The highest BCUT2D eigenvalue weighted by molar-refractivity contribution is 6.05. The first-order valence-electron chi connectivity index (χ1n) is 14.1. The van der Waals surface area contributed by atoms with Crippen molar-refractivity contribution in [3.8, 4) is 11.5 Å². The van der Waals surface area contributed by atoms with Crippen LogP contribution in [0.5, 0.6) is 11.5 Å². The Morgan fingerprint density at radius 1 is 0.773 bits per heavy atom. The molecule has 0 aliphatic rings. The normalized spacial score (nSPS) is 11.1. The number of esters is 1. The van der Waals surface area contributed by atoms with Crippen LogP contribution < -0.4 is 25.1 Å². The minimum absolute atomic E-state index is 0.0207. The zero-order valence-corrected chi connectivity index (χ0v) is 24.8. The maximum absolute atomic E-state index is 13.2. The van der Waals surface area contributed by atoms with Crippen molar-refractivity contribution in [3.63, 3.8) is 0 Å². The molecule has 0 saturated carbocycles. The Morgan fingerprint density at radius 3 is 2.00 bits per heavy atom. The van der Waals surface area contributed by atoms with Crippen LogP contribution >= 0.6 is 0 Å². The molecular weight excluding hydrogens is 556 g/mol. The highest BCUT2D eigenvalue weighted by Gasteiger charge is 2.15. The summed E-state index contributed by atoms with van der Waals surface area (Å²) in [5, 5.41) is 6.78. The Hall–Kier alpha value is -5.70. The quantitative estimate of drug-likeness (QED) is 0.0722. The van der Waals surface area contributed by atoms with Crippen LogP contribution in [0.2, 0.25) is 0 Å². The molecule has 9 heteroatoms. The lowest BCUT2D eigenvalue weighted by atomic mass is 10.1. The van der Waals surface area contributed by atoms with Crippen LogP contribution in [0.15, 0.2) is 114 Å². The lowest BCUT2D eigenvalue weighted by Crippen LogP contribution is -2.32. The molecule has 2 N–H and O–H groups in total. The van der Waals surface area contributed by atoms with Gasteiger partial charge in [0.2, 0.25) is 0 Å². The number of hydrogen-bond donors (Lipinski definition) is 2. The molecule has 224 valence electrons. The Bertz CT molecular complexity index is 1630. The number of carbonyl (C=O) groups is 3. The molecule has 0 aliphatic heterocycles. The lowest BCUT2D eigenvalue weighted by Gasteiger charge is -2.20. The lowest BCUT2D eigenvalue weighted by molar-refractivity contribution is -0.117. The van der Waals surface area contributed by atoms with E-state index in [2.05, 4.69) is 34.6 Å². The standard InChI is InChI=1S/C35H34N4O5/c1-4-39(5-2)29-19-16-25(17-20-29)22-30(37-33(40)27-12-8-6-9-13-27)34(41)38-36-24-26-18-21-31(32(23-26)43-3)44-35(42)28-14-10-7-11-15-28/h6-24H,4-5H2,1-3H3,(H,37,40)(H,38,41)/b30-22+,36-24-. The Morgan fingerprint density at radius 2 is 1.39 bits per heavy atom. The predicted octanol–water partition coefficient (Wildman–Crippen LogP) is 5.68. The third kappa shape index (κ3) is 8.42. The number of carbonyl (C=O) groups excluding carboxylic acids is 3. The zero-order chi connectivity index (χ0) is 31.3. The molecule has 4 aromatic rings. The number of methoxy groups -OCH3 is 1. The van der Waals surface area contributed by atoms with Gasteiger partial charge >= 0.3 is 5.97 Å². The van der Waals surface area contributed by atoms with Crippen LogP contribution in [0.3, 0.4) is 0 Å². The van der Waals surface area contributed by atoms with Gasteiger partial charge in [-0.25, -0.2) is 10.2 Å². The molecule has 44 heavy (non-hydrogen) atoms. The van der Waals surface area contributed by atoms with Crippen molar-refractivity contribution in [1.82, 2.24) is 10.7 Å². The number of benzene rings is 4. The fraction of sp³-hybridized carbons (Fsp3) is 0.143. The molecule has 0 radical (unpaired) electrons. The second-order valence-electron chi connectivity index (χ2n) is 9.51. The summed E-state index contributed by atoms with van der Waals surface area (Å²) in [5.74, 6) is -1.01. The summed E-state index contributed by atoms with van der Waals surface area (Å²) < 4.78 is 10.9. The maximum Gasteiger partial charge on any atom is 0.343 e. The molecule has 0 aliphatic carbocycles. The number of nitrogens with zero attached hydrogens (tertiary/aromatic N) is 2. The number of nitrogens with one attached hydrogen (secondary N) is 2. The Kier molecular flexibility index (Phi) is 11.0.